The largest absolute Gasteiger partial charge is 0.394 e. The minimum atomic E-state index is -0.0987. The highest BCUT2D eigenvalue weighted by atomic mass is 16.3. The number of nitrogens with one attached hydrogen (secondary N) is 1. The van der Waals surface area contributed by atoms with E-state index < -0.39 is 0 Å². The van der Waals surface area contributed by atoms with Crippen LogP contribution in [-0.2, 0) is 0 Å². The molecule has 1 heterocycles. The zero-order valence-electron chi connectivity index (χ0n) is 13.6. The van der Waals surface area contributed by atoms with Gasteiger partial charge in [-0.05, 0) is 77.0 Å². The highest BCUT2D eigenvalue weighted by molar-refractivity contribution is 4.91. The van der Waals surface area contributed by atoms with Crippen molar-refractivity contribution < 1.29 is 5.11 Å². The van der Waals surface area contributed by atoms with Gasteiger partial charge in [0, 0.05) is 5.54 Å². The first kappa shape index (κ1) is 16.3. The summed E-state index contributed by atoms with van der Waals surface area (Å²) in [6.45, 7) is 9.25. The van der Waals surface area contributed by atoms with Gasteiger partial charge in [-0.3, -0.25) is 0 Å². The van der Waals surface area contributed by atoms with E-state index in [2.05, 4.69) is 24.1 Å². The number of hydrogen-bond acceptors (Lipinski definition) is 3. The van der Waals surface area contributed by atoms with E-state index in [9.17, 15) is 5.11 Å². The van der Waals surface area contributed by atoms with Crippen LogP contribution in [0.1, 0.15) is 65.2 Å². The molecule has 0 radical (unpaired) electrons. The number of rotatable bonds is 7. The van der Waals surface area contributed by atoms with Crippen molar-refractivity contribution in [2.24, 2.45) is 5.41 Å². The molecule has 20 heavy (non-hydrogen) atoms. The molecule has 2 N–H and O–H groups in total. The first-order valence-electron chi connectivity index (χ1n) is 8.70. The maximum atomic E-state index is 9.63. The Labute approximate surface area is 125 Å². The predicted molar refractivity (Wildman–Crippen MR) is 85.0 cm³/mol. The van der Waals surface area contributed by atoms with Crippen LogP contribution in [0, 0.1) is 5.41 Å². The van der Waals surface area contributed by atoms with Gasteiger partial charge in [-0.2, -0.15) is 0 Å². The molecule has 2 fully saturated rings. The van der Waals surface area contributed by atoms with E-state index in [0.29, 0.717) is 0 Å². The Balaban J connectivity index is 1.72. The SMILES string of the molecule is CCCNC(C)(CO)CCN1CCC2(CCCC2)CC1. The van der Waals surface area contributed by atoms with E-state index in [1.165, 1.54) is 51.6 Å². The highest BCUT2D eigenvalue weighted by Gasteiger charge is 2.37. The third-order valence-electron chi connectivity index (χ3n) is 5.71. The Morgan fingerprint density at radius 2 is 1.80 bits per heavy atom. The molecule has 118 valence electrons. The van der Waals surface area contributed by atoms with Gasteiger partial charge < -0.3 is 15.3 Å². The van der Waals surface area contributed by atoms with Crippen molar-refractivity contribution in [2.45, 2.75) is 70.8 Å². The molecule has 1 saturated carbocycles. The van der Waals surface area contributed by atoms with Crippen molar-refractivity contribution in [1.29, 1.82) is 0 Å². The summed E-state index contributed by atoms with van der Waals surface area (Å²) < 4.78 is 0. The van der Waals surface area contributed by atoms with Gasteiger partial charge in [0.05, 0.1) is 6.61 Å². The van der Waals surface area contributed by atoms with Crippen molar-refractivity contribution in [2.75, 3.05) is 32.8 Å². The van der Waals surface area contributed by atoms with Gasteiger partial charge >= 0.3 is 0 Å². The zero-order valence-corrected chi connectivity index (χ0v) is 13.6. The lowest BCUT2D eigenvalue weighted by molar-refractivity contribution is 0.0898. The summed E-state index contributed by atoms with van der Waals surface area (Å²) in [6, 6.07) is 0. The van der Waals surface area contributed by atoms with Crippen LogP contribution in [0.25, 0.3) is 0 Å². The molecule has 2 rings (SSSR count). The Morgan fingerprint density at radius 1 is 1.15 bits per heavy atom. The molecule has 3 heteroatoms. The topological polar surface area (TPSA) is 35.5 Å². The second kappa shape index (κ2) is 7.24. The lowest BCUT2D eigenvalue weighted by Crippen LogP contribution is -2.49. The Bertz CT molecular complexity index is 279. The van der Waals surface area contributed by atoms with Gasteiger partial charge in [-0.1, -0.05) is 19.8 Å². The normalized spacial score (nSPS) is 25.9. The van der Waals surface area contributed by atoms with E-state index in [1.807, 2.05) is 0 Å². The molecule has 1 spiro atoms. The van der Waals surface area contributed by atoms with Crippen LogP contribution in [0.3, 0.4) is 0 Å². The lowest BCUT2D eigenvalue weighted by Gasteiger charge is -2.40. The molecule has 1 aliphatic heterocycles. The molecule has 3 nitrogen and oxygen atoms in total. The fraction of sp³-hybridized carbons (Fsp3) is 1.00. The van der Waals surface area contributed by atoms with Gasteiger partial charge in [0.25, 0.3) is 0 Å². The summed E-state index contributed by atoms with van der Waals surface area (Å²) in [5, 5.41) is 13.1. The summed E-state index contributed by atoms with van der Waals surface area (Å²) in [6.07, 6.45) is 10.9. The number of piperidine rings is 1. The number of likely N-dealkylation sites (tertiary alicyclic amines) is 1. The van der Waals surface area contributed by atoms with E-state index in [-0.39, 0.29) is 12.1 Å². The fourth-order valence-electron chi connectivity index (χ4n) is 3.93. The van der Waals surface area contributed by atoms with Crippen LogP contribution < -0.4 is 5.32 Å². The van der Waals surface area contributed by atoms with Crippen LogP contribution >= 0.6 is 0 Å². The summed E-state index contributed by atoms with van der Waals surface area (Å²) in [4.78, 5) is 2.62. The second-order valence-corrected chi connectivity index (χ2v) is 7.44. The van der Waals surface area contributed by atoms with Crippen molar-refractivity contribution in [3.8, 4) is 0 Å². The van der Waals surface area contributed by atoms with Gasteiger partial charge in [0.2, 0.25) is 0 Å². The molecule has 0 aromatic carbocycles. The molecule has 1 aliphatic carbocycles. The molecule has 0 aromatic heterocycles. The summed E-state index contributed by atoms with van der Waals surface area (Å²) in [5.74, 6) is 0. The zero-order chi connectivity index (χ0) is 14.5. The fourth-order valence-corrected chi connectivity index (χ4v) is 3.93. The number of nitrogens with zero attached hydrogens (tertiary/aromatic N) is 1. The molecule has 1 unspecified atom stereocenters. The highest BCUT2D eigenvalue weighted by Crippen LogP contribution is 2.46. The van der Waals surface area contributed by atoms with Crippen LogP contribution in [0.15, 0.2) is 0 Å². The molecular weight excluding hydrogens is 248 g/mol. The van der Waals surface area contributed by atoms with E-state index in [0.717, 1.165) is 31.3 Å². The quantitative estimate of drug-likeness (QED) is 0.754. The average molecular weight is 282 g/mol. The third-order valence-corrected chi connectivity index (χ3v) is 5.71. The Hall–Kier alpha value is -0.120. The second-order valence-electron chi connectivity index (χ2n) is 7.44. The van der Waals surface area contributed by atoms with Crippen molar-refractivity contribution >= 4 is 0 Å². The maximum Gasteiger partial charge on any atom is 0.0611 e. The van der Waals surface area contributed by atoms with Gasteiger partial charge in [-0.15, -0.1) is 0 Å². The third kappa shape index (κ3) is 4.19. The van der Waals surface area contributed by atoms with E-state index >= 15 is 0 Å². The number of hydrogen-bond donors (Lipinski definition) is 2. The predicted octanol–water partition coefficient (Wildman–Crippen LogP) is 2.78. The van der Waals surface area contributed by atoms with E-state index in [4.69, 9.17) is 0 Å². The van der Waals surface area contributed by atoms with Crippen molar-refractivity contribution in [3.05, 3.63) is 0 Å². The van der Waals surface area contributed by atoms with Gasteiger partial charge in [0.15, 0.2) is 0 Å². The monoisotopic (exact) mass is 282 g/mol. The van der Waals surface area contributed by atoms with Crippen molar-refractivity contribution in [1.82, 2.24) is 10.2 Å². The first-order valence-corrected chi connectivity index (χ1v) is 8.70. The van der Waals surface area contributed by atoms with Crippen LogP contribution in [0.2, 0.25) is 0 Å². The summed E-state index contributed by atoms with van der Waals surface area (Å²) in [7, 11) is 0. The molecule has 0 amide bonds. The van der Waals surface area contributed by atoms with Crippen LogP contribution in [-0.4, -0.2) is 48.3 Å². The van der Waals surface area contributed by atoms with E-state index in [1.54, 1.807) is 0 Å². The van der Waals surface area contributed by atoms with Crippen molar-refractivity contribution in [3.63, 3.8) is 0 Å². The smallest absolute Gasteiger partial charge is 0.0611 e. The van der Waals surface area contributed by atoms with Crippen LogP contribution in [0.4, 0.5) is 0 Å². The first-order chi connectivity index (χ1) is 9.61. The molecule has 0 bridgehead atoms. The lowest BCUT2D eigenvalue weighted by atomic mass is 9.77. The number of aliphatic hydroxyl groups excluding tert-OH is 1. The Kier molecular flexibility index (Phi) is 5.88. The maximum absolute atomic E-state index is 9.63. The van der Waals surface area contributed by atoms with Crippen LogP contribution in [0.5, 0.6) is 0 Å². The van der Waals surface area contributed by atoms with Gasteiger partial charge in [0.1, 0.15) is 0 Å². The summed E-state index contributed by atoms with van der Waals surface area (Å²) in [5.41, 5.74) is 0.621. The molecule has 1 atom stereocenters. The number of aliphatic hydroxyl groups is 1. The molecule has 1 saturated heterocycles. The average Bonchev–Trinajstić information content (AvgIpc) is 2.93. The molecular formula is C17H34N2O. The molecule has 2 aliphatic rings. The Morgan fingerprint density at radius 3 is 2.35 bits per heavy atom. The minimum absolute atomic E-state index is 0.0987. The molecule has 0 aromatic rings. The minimum Gasteiger partial charge on any atom is -0.394 e. The summed E-state index contributed by atoms with van der Waals surface area (Å²) >= 11 is 0. The standard InChI is InChI=1S/C17H34N2O/c1-3-11-18-16(2,15-20)8-12-19-13-9-17(10-14-19)6-4-5-7-17/h18,20H,3-15H2,1-2H3. The van der Waals surface area contributed by atoms with Gasteiger partial charge in [-0.25, -0.2) is 0 Å².